The molecular formula is C13H18Cl3O2PS. The molecule has 0 heterocycles. The first kappa shape index (κ1) is 18.7. The molecule has 0 aromatic heterocycles. The van der Waals surface area contributed by atoms with E-state index in [1.807, 2.05) is 31.2 Å². The second-order valence-electron chi connectivity index (χ2n) is 4.41. The van der Waals surface area contributed by atoms with Crippen molar-refractivity contribution in [1.29, 1.82) is 0 Å². The number of aryl methyl sites for hydroxylation is 1. The zero-order chi connectivity index (χ0) is 15.2. The van der Waals surface area contributed by atoms with Crippen molar-refractivity contribution in [2.45, 2.75) is 30.5 Å². The minimum atomic E-state index is -2.64. The van der Waals surface area contributed by atoms with Gasteiger partial charge < -0.3 is 9.05 Å². The molecule has 0 saturated carbocycles. The van der Waals surface area contributed by atoms with Crippen LogP contribution in [-0.2, 0) is 20.9 Å². The fourth-order valence-electron chi connectivity index (χ4n) is 1.40. The Kier molecular flexibility index (Phi) is 7.80. The normalized spacial score (nSPS) is 15.1. The lowest BCUT2D eigenvalue weighted by Gasteiger charge is -2.24. The summed E-state index contributed by atoms with van der Waals surface area (Å²) in [7, 11) is 0. The minimum Gasteiger partial charge on any atom is -0.326 e. The smallest absolute Gasteiger partial charge is 0.219 e. The molecule has 0 N–H and O–H groups in total. The van der Waals surface area contributed by atoms with Crippen LogP contribution in [0.1, 0.15) is 25.3 Å². The van der Waals surface area contributed by atoms with Crippen molar-refractivity contribution in [2.24, 2.45) is 0 Å². The van der Waals surface area contributed by atoms with Crippen LogP contribution in [0.4, 0.5) is 0 Å². The lowest BCUT2D eigenvalue weighted by molar-refractivity contribution is 0.254. The fourth-order valence-corrected chi connectivity index (χ4v) is 4.16. The highest BCUT2D eigenvalue weighted by Gasteiger charge is 2.28. The summed E-state index contributed by atoms with van der Waals surface area (Å²) in [5.41, 5.74) is 1.14. The molecule has 1 atom stereocenters. The van der Waals surface area contributed by atoms with Gasteiger partial charge in [0, 0.05) is 5.30 Å². The molecule has 0 fully saturated rings. The van der Waals surface area contributed by atoms with Crippen LogP contribution >= 0.6 is 41.3 Å². The Morgan fingerprint density at radius 3 is 2.25 bits per heavy atom. The monoisotopic (exact) mass is 374 g/mol. The quantitative estimate of drug-likeness (QED) is 0.374. The van der Waals surface area contributed by atoms with Gasteiger partial charge in [-0.3, -0.25) is 0 Å². The highest BCUT2D eigenvalue weighted by Crippen LogP contribution is 2.49. The third kappa shape index (κ3) is 6.62. The third-order valence-corrected chi connectivity index (χ3v) is 6.02. The van der Waals surface area contributed by atoms with E-state index in [0.717, 1.165) is 23.7 Å². The van der Waals surface area contributed by atoms with Crippen LogP contribution < -0.4 is 5.30 Å². The molecule has 0 saturated heterocycles. The maximum absolute atomic E-state index is 5.82. The van der Waals surface area contributed by atoms with Crippen LogP contribution in [0.3, 0.4) is 0 Å². The van der Waals surface area contributed by atoms with Crippen molar-refractivity contribution in [3.8, 4) is 0 Å². The van der Waals surface area contributed by atoms with E-state index in [0.29, 0.717) is 6.61 Å². The second-order valence-corrected chi connectivity index (χ2v) is 10.4. The number of benzene rings is 1. The van der Waals surface area contributed by atoms with Crippen LogP contribution in [0, 0.1) is 6.92 Å². The van der Waals surface area contributed by atoms with Gasteiger partial charge in [-0.25, -0.2) is 0 Å². The molecule has 0 amide bonds. The largest absolute Gasteiger partial charge is 0.326 e. The molecule has 0 radical (unpaired) electrons. The molecule has 1 rings (SSSR count). The highest BCUT2D eigenvalue weighted by atomic mass is 35.6. The van der Waals surface area contributed by atoms with E-state index in [2.05, 4.69) is 6.92 Å². The molecule has 1 aromatic carbocycles. The molecule has 20 heavy (non-hydrogen) atoms. The first-order valence-corrected chi connectivity index (χ1v) is 10.1. The Hall–Kier alpha value is 0.660. The van der Waals surface area contributed by atoms with Crippen molar-refractivity contribution in [3.63, 3.8) is 0 Å². The van der Waals surface area contributed by atoms with Gasteiger partial charge in [0.15, 0.2) is 0 Å². The van der Waals surface area contributed by atoms with E-state index in [9.17, 15) is 0 Å². The average Bonchev–Trinajstić information content (AvgIpc) is 2.37. The summed E-state index contributed by atoms with van der Waals surface area (Å²) in [5.74, 6) is 0. The summed E-state index contributed by atoms with van der Waals surface area (Å²) < 4.78 is 10.00. The summed E-state index contributed by atoms with van der Waals surface area (Å²) in [6.45, 7) is 1.91. The Morgan fingerprint density at radius 1 is 1.15 bits per heavy atom. The van der Waals surface area contributed by atoms with E-state index >= 15 is 0 Å². The molecule has 1 unspecified atom stereocenters. The molecule has 1 aromatic rings. The van der Waals surface area contributed by atoms with Gasteiger partial charge in [0.05, 0.1) is 6.61 Å². The number of hydrogen-bond acceptors (Lipinski definition) is 3. The summed E-state index contributed by atoms with van der Waals surface area (Å²) in [6, 6.07) is 7.78. The predicted molar refractivity (Wildman–Crippen MR) is 92.2 cm³/mol. The van der Waals surface area contributed by atoms with E-state index in [4.69, 9.17) is 55.7 Å². The maximum atomic E-state index is 5.82. The van der Waals surface area contributed by atoms with Crippen LogP contribution in [0.5, 0.6) is 0 Å². The van der Waals surface area contributed by atoms with Gasteiger partial charge in [0.25, 0.3) is 0 Å². The summed E-state index contributed by atoms with van der Waals surface area (Å²) in [5, 5.41) is 0.837. The van der Waals surface area contributed by atoms with E-state index in [-0.39, 0.29) is 6.61 Å². The highest BCUT2D eigenvalue weighted by molar-refractivity contribution is 8.13. The summed E-state index contributed by atoms with van der Waals surface area (Å²) in [4.78, 5) is 0. The van der Waals surface area contributed by atoms with Gasteiger partial charge in [-0.1, -0.05) is 65.8 Å². The predicted octanol–water partition coefficient (Wildman–Crippen LogP) is 5.13. The zero-order valence-corrected chi connectivity index (χ0v) is 15.4. The zero-order valence-electron chi connectivity index (χ0n) is 11.4. The van der Waals surface area contributed by atoms with Gasteiger partial charge in [-0.15, -0.1) is 0 Å². The van der Waals surface area contributed by atoms with E-state index < -0.39 is 10.3 Å². The van der Waals surface area contributed by atoms with Crippen LogP contribution in [0.2, 0.25) is 0 Å². The first-order chi connectivity index (χ1) is 9.27. The number of rotatable bonds is 7. The van der Waals surface area contributed by atoms with Gasteiger partial charge >= 0.3 is 0 Å². The lowest BCUT2D eigenvalue weighted by Crippen LogP contribution is -2.17. The molecule has 0 aliphatic heterocycles. The Balaban J connectivity index is 2.88. The Morgan fingerprint density at radius 2 is 1.75 bits per heavy atom. The van der Waals surface area contributed by atoms with Crippen molar-refractivity contribution in [1.82, 2.24) is 0 Å². The van der Waals surface area contributed by atoms with E-state index in [1.165, 1.54) is 0 Å². The van der Waals surface area contributed by atoms with E-state index in [1.54, 1.807) is 0 Å². The number of alkyl halides is 3. The molecule has 114 valence electrons. The number of hydrogen-bond donors (Lipinski definition) is 0. The van der Waals surface area contributed by atoms with Crippen molar-refractivity contribution < 1.29 is 9.05 Å². The van der Waals surface area contributed by atoms with Crippen molar-refractivity contribution in [2.75, 3.05) is 13.2 Å². The fraction of sp³-hybridized carbons (Fsp3) is 0.538. The summed E-state index contributed by atoms with van der Waals surface area (Å²) in [6.07, 6.45) is 1.94. The van der Waals surface area contributed by atoms with Crippen molar-refractivity contribution in [3.05, 3.63) is 29.8 Å². The Bertz CT molecular complexity index is 460. The summed E-state index contributed by atoms with van der Waals surface area (Å²) >= 11 is 22.8. The molecule has 0 aliphatic rings. The topological polar surface area (TPSA) is 18.5 Å². The molecule has 0 bridgehead atoms. The minimum absolute atomic E-state index is 0.0883. The average molecular weight is 376 g/mol. The SMILES string of the molecule is CCCCOP(=S)(OCC(Cl)(Cl)Cl)c1ccc(C)cc1. The molecule has 0 spiro atoms. The Labute approximate surface area is 140 Å². The molecule has 2 nitrogen and oxygen atoms in total. The molecule has 0 aliphatic carbocycles. The van der Waals surface area contributed by atoms with Gasteiger partial charge in [0.2, 0.25) is 10.3 Å². The third-order valence-electron chi connectivity index (χ3n) is 2.51. The standard InChI is InChI=1S/C13H18Cl3O2PS/c1-3-4-9-17-19(20,18-10-13(14,15)16)12-7-5-11(2)6-8-12/h5-8H,3-4,9-10H2,1-2H3. The van der Waals surface area contributed by atoms with Crippen molar-refractivity contribution >= 4 is 58.4 Å². The molecule has 7 heteroatoms. The van der Waals surface area contributed by atoms with Gasteiger partial charge in [-0.2, -0.15) is 0 Å². The van der Waals surface area contributed by atoms with Crippen LogP contribution in [-0.4, -0.2) is 17.0 Å². The first-order valence-electron chi connectivity index (χ1n) is 6.30. The van der Waals surface area contributed by atoms with Crippen LogP contribution in [0.25, 0.3) is 0 Å². The maximum Gasteiger partial charge on any atom is 0.219 e. The number of halogens is 3. The molecular weight excluding hydrogens is 358 g/mol. The van der Waals surface area contributed by atoms with Gasteiger partial charge in [-0.05, 0) is 37.3 Å². The van der Waals surface area contributed by atoms with Gasteiger partial charge in [0.1, 0.15) is 6.61 Å². The lowest BCUT2D eigenvalue weighted by atomic mass is 10.2. The number of unbranched alkanes of at least 4 members (excludes halogenated alkanes) is 1. The van der Waals surface area contributed by atoms with Crippen LogP contribution in [0.15, 0.2) is 24.3 Å². The second kappa shape index (κ2) is 8.33.